The molecule has 2 unspecified atom stereocenters. The standard InChI is InChI=1S/C37H41N3O6S2/c1-2-3-24-45-34(41)36(35(42)46-27-29-16-8-4-9-17-29)25-33(26-40(36)28-39-48(38,43)44)47-37(30-18-10-5-11-19-30,31-20-12-6-13-21-31)32-22-14-7-15-23-32/h4-23,33,39H,2-3,24-28H2,1H3,(H2,38,43,44). The van der Waals surface area contributed by atoms with Crippen molar-refractivity contribution in [3.63, 3.8) is 0 Å². The highest BCUT2D eigenvalue weighted by Crippen LogP contribution is 2.53. The van der Waals surface area contributed by atoms with Gasteiger partial charge < -0.3 is 9.47 Å². The van der Waals surface area contributed by atoms with Crippen molar-refractivity contribution in [2.45, 2.75) is 48.3 Å². The molecular weight excluding hydrogens is 647 g/mol. The monoisotopic (exact) mass is 687 g/mol. The highest BCUT2D eigenvalue weighted by Gasteiger charge is 2.60. The van der Waals surface area contributed by atoms with Gasteiger partial charge in [0, 0.05) is 18.2 Å². The first kappa shape index (κ1) is 35.3. The van der Waals surface area contributed by atoms with E-state index in [9.17, 15) is 18.0 Å². The van der Waals surface area contributed by atoms with Crippen LogP contribution in [0.4, 0.5) is 0 Å². The summed E-state index contributed by atoms with van der Waals surface area (Å²) in [5.74, 6) is -1.59. The minimum Gasteiger partial charge on any atom is -0.464 e. The number of thioether (sulfide) groups is 1. The van der Waals surface area contributed by atoms with E-state index in [1.807, 2.05) is 91.9 Å². The van der Waals surface area contributed by atoms with E-state index in [1.165, 1.54) is 4.90 Å². The Morgan fingerprint density at radius 2 is 1.31 bits per heavy atom. The van der Waals surface area contributed by atoms with Crippen LogP contribution in [0.3, 0.4) is 0 Å². The Labute approximate surface area is 287 Å². The molecule has 0 aromatic heterocycles. The minimum atomic E-state index is -4.17. The first-order valence-corrected chi connectivity index (χ1v) is 18.4. The van der Waals surface area contributed by atoms with E-state index in [0.717, 1.165) is 28.7 Å². The highest BCUT2D eigenvalue weighted by atomic mass is 32.2. The van der Waals surface area contributed by atoms with Crippen LogP contribution in [0.1, 0.15) is 48.4 Å². The summed E-state index contributed by atoms with van der Waals surface area (Å²) in [6.45, 7) is 1.77. The van der Waals surface area contributed by atoms with Crippen molar-refractivity contribution in [3.8, 4) is 0 Å². The summed E-state index contributed by atoms with van der Waals surface area (Å²) in [6.07, 6.45) is 1.39. The van der Waals surface area contributed by atoms with Gasteiger partial charge in [-0.2, -0.15) is 13.1 Å². The number of nitrogens with one attached hydrogen (secondary N) is 1. The Morgan fingerprint density at radius 3 is 1.79 bits per heavy atom. The minimum absolute atomic E-state index is 0.0107. The lowest BCUT2D eigenvalue weighted by Gasteiger charge is -2.37. The zero-order valence-electron chi connectivity index (χ0n) is 26.9. The number of benzene rings is 4. The maximum atomic E-state index is 14.3. The summed E-state index contributed by atoms with van der Waals surface area (Å²) >= 11 is 1.61. The molecule has 9 nitrogen and oxygen atoms in total. The maximum absolute atomic E-state index is 14.3. The summed E-state index contributed by atoms with van der Waals surface area (Å²) in [6, 6.07) is 39.4. The summed E-state index contributed by atoms with van der Waals surface area (Å²) < 4.78 is 37.4. The predicted molar refractivity (Wildman–Crippen MR) is 188 cm³/mol. The van der Waals surface area contributed by atoms with Crippen LogP contribution < -0.4 is 9.86 Å². The second kappa shape index (κ2) is 15.9. The van der Waals surface area contributed by atoms with E-state index >= 15 is 0 Å². The number of nitrogens with two attached hydrogens (primary N) is 1. The molecule has 1 fully saturated rings. The van der Waals surface area contributed by atoms with Gasteiger partial charge in [-0.3, -0.25) is 4.90 Å². The lowest BCUT2D eigenvalue weighted by Crippen LogP contribution is -2.60. The third kappa shape index (κ3) is 7.99. The molecule has 1 aliphatic heterocycles. The van der Waals surface area contributed by atoms with Gasteiger partial charge in [0.1, 0.15) is 6.61 Å². The van der Waals surface area contributed by atoms with Gasteiger partial charge in [-0.15, -0.1) is 11.8 Å². The SMILES string of the molecule is CCCCOC(=O)C1(C(=O)OCc2ccccc2)CC(SC(c2ccccc2)(c2ccccc2)c2ccccc2)CN1CNS(N)(=O)=O. The van der Waals surface area contributed by atoms with Crippen molar-refractivity contribution in [2.75, 3.05) is 19.8 Å². The molecule has 0 radical (unpaired) electrons. The number of esters is 2. The molecule has 252 valence electrons. The first-order chi connectivity index (χ1) is 23.2. The Morgan fingerprint density at radius 1 is 0.833 bits per heavy atom. The molecular formula is C37H41N3O6S2. The number of hydrogen-bond acceptors (Lipinski definition) is 8. The second-order valence-electron chi connectivity index (χ2n) is 11.7. The molecule has 1 aliphatic rings. The molecule has 0 amide bonds. The van der Waals surface area contributed by atoms with E-state index in [-0.39, 0.29) is 31.4 Å². The van der Waals surface area contributed by atoms with Crippen LogP contribution in [0.25, 0.3) is 0 Å². The molecule has 3 N–H and O–H groups in total. The van der Waals surface area contributed by atoms with Crippen LogP contribution in [-0.4, -0.2) is 55.9 Å². The molecule has 0 spiro atoms. The van der Waals surface area contributed by atoms with Gasteiger partial charge in [0.2, 0.25) is 5.54 Å². The van der Waals surface area contributed by atoms with Crippen LogP contribution in [-0.2, 0) is 40.6 Å². The summed E-state index contributed by atoms with van der Waals surface area (Å²) in [5.41, 5.74) is 1.84. The Bertz CT molecular complexity index is 1650. The van der Waals surface area contributed by atoms with Crippen LogP contribution in [0.15, 0.2) is 121 Å². The van der Waals surface area contributed by atoms with Gasteiger partial charge >= 0.3 is 11.9 Å². The number of nitrogens with zero attached hydrogens (tertiary/aromatic N) is 1. The third-order valence-electron chi connectivity index (χ3n) is 8.45. The third-order valence-corrected chi connectivity index (χ3v) is 10.7. The molecule has 5 rings (SSSR count). The Balaban J connectivity index is 1.61. The van der Waals surface area contributed by atoms with Crippen LogP contribution >= 0.6 is 11.8 Å². The molecule has 4 aromatic rings. The number of likely N-dealkylation sites (tertiary alicyclic amines) is 1. The molecule has 11 heteroatoms. The van der Waals surface area contributed by atoms with Gasteiger partial charge in [0.25, 0.3) is 10.2 Å². The van der Waals surface area contributed by atoms with Crippen molar-refractivity contribution in [1.29, 1.82) is 0 Å². The van der Waals surface area contributed by atoms with Crippen molar-refractivity contribution < 1.29 is 27.5 Å². The summed E-state index contributed by atoms with van der Waals surface area (Å²) in [5, 5.41) is 4.97. The molecule has 0 saturated carbocycles. The number of hydrogen-bond donors (Lipinski definition) is 2. The van der Waals surface area contributed by atoms with Gasteiger partial charge in [-0.1, -0.05) is 135 Å². The average molecular weight is 688 g/mol. The zero-order chi connectivity index (χ0) is 34.0. The zero-order valence-corrected chi connectivity index (χ0v) is 28.5. The van der Waals surface area contributed by atoms with Gasteiger partial charge in [-0.25, -0.2) is 14.7 Å². The molecule has 0 bridgehead atoms. The maximum Gasteiger partial charge on any atom is 0.338 e. The summed E-state index contributed by atoms with van der Waals surface area (Å²) in [4.78, 5) is 30.0. The number of unbranched alkanes of at least 4 members (excludes halogenated alkanes) is 1. The molecule has 1 saturated heterocycles. The van der Waals surface area contributed by atoms with E-state index < -0.39 is 39.1 Å². The molecule has 4 aromatic carbocycles. The molecule has 2 atom stereocenters. The number of carbonyl (C=O) groups excluding carboxylic acids is 2. The van der Waals surface area contributed by atoms with Crippen LogP contribution in [0, 0.1) is 0 Å². The highest BCUT2D eigenvalue weighted by molar-refractivity contribution is 8.01. The van der Waals surface area contributed by atoms with Gasteiger partial charge in [0.15, 0.2) is 0 Å². The van der Waals surface area contributed by atoms with Crippen molar-refractivity contribution in [1.82, 2.24) is 9.62 Å². The lowest BCUT2D eigenvalue weighted by molar-refractivity contribution is -0.174. The summed E-state index contributed by atoms with van der Waals surface area (Å²) in [7, 11) is -4.17. The predicted octanol–water partition coefficient (Wildman–Crippen LogP) is 5.36. The quantitative estimate of drug-likeness (QED) is 0.0740. The molecule has 1 heterocycles. The van der Waals surface area contributed by atoms with Gasteiger partial charge in [0.05, 0.1) is 18.0 Å². The fraction of sp³-hybridized carbons (Fsp3) is 0.297. The molecule has 48 heavy (non-hydrogen) atoms. The second-order valence-corrected chi connectivity index (χ2v) is 14.6. The molecule has 0 aliphatic carbocycles. The van der Waals surface area contributed by atoms with E-state index in [1.54, 1.807) is 11.8 Å². The van der Waals surface area contributed by atoms with E-state index in [0.29, 0.717) is 6.42 Å². The largest absolute Gasteiger partial charge is 0.464 e. The number of rotatable bonds is 15. The van der Waals surface area contributed by atoms with Crippen LogP contribution in [0.2, 0.25) is 0 Å². The smallest absolute Gasteiger partial charge is 0.338 e. The first-order valence-electron chi connectivity index (χ1n) is 15.9. The van der Waals surface area contributed by atoms with Crippen molar-refractivity contribution in [2.24, 2.45) is 5.14 Å². The fourth-order valence-electron chi connectivity index (χ4n) is 6.12. The average Bonchev–Trinajstić information content (AvgIpc) is 3.49. The van der Waals surface area contributed by atoms with E-state index in [4.69, 9.17) is 14.6 Å². The van der Waals surface area contributed by atoms with Crippen molar-refractivity contribution >= 4 is 33.9 Å². The van der Waals surface area contributed by atoms with Gasteiger partial charge in [-0.05, 0) is 28.7 Å². The fourth-order valence-corrected chi connectivity index (χ4v) is 8.35. The Hall–Kier alpha value is -4.00. The lowest BCUT2D eigenvalue weighted by atomic mass is 9.84. The number of ether oxygens (including phenoxy) is 2. The van der Waals surface area contributed by atoms with E-state index in [2.05, 4.69) is 41.1 Å². The van der Waals surface area contributed by atoms with Crippen molar-refractivity contribution in [3.05, 3.63) is 144 Å². The normalized spacial score (nSPS) is 18.3. The number of carbonyl (C=O) groups is 2. The Kier molecular flexibility index (Phi) is 11.7. The topological polar surface area (TPSA) is 128 Å². The van der Waals surface area contributed by atoms with Crippen LogP contribution in [0.5, 0.6) is 0 Å².